The van der Waals surface area contributed by atoms with E-state index in [2.05, 4.69) is 0 Å². The molecule has 1 aromatic rings. The van der Waals surface area contributed by atoms with Gasteiger partial charge in [-0.1, -0.05) is 39.0 Å². The van der Waals surface area contributed by atoms with Crippen molar-refractivity contribution in [1.29, 1.82) is 0 Å². The Bertz CT molecular complexity index is 1280. The number of carbonyl (C=O) groups is 5. The Kier molecular flexibility index (Phi) is 9.49. The lowest BCUT2D eigenvalue weighted by Crippen LogP contribution is -2.78. The zero-order valence-electron chi connectivity index (χ0n) is 26.7. The molecule has 1 saturated heterocycles. The summed E-state index contributed by atoms with van der Waals surface area (Å²) >= 11 is 0. The molecule has 4 rings (SSSR count). The van der Waals surface area contributed by atoms with Crippen LogP contribution in [0.1, 0.15) is 85.0 Å². The molecule has 9 unspecified atom stereocenters. The van der Waals surface area contributed by atoms with Gasteiger partial charge in [0.15, 0.2) is 6.10 Å². The fraction of sp³-hybridized carbons (Fsp3) is 0.667. The first kappa shape index (κ1) is 33.4. The summed E-state index contributed by atoms with van der Waals surface area (Å²) in [5.74, 6) is -4.52. The average molecular weight is 617 g/mol. The summed E-state index contributed by atoms with van der Waals surface area (Å²) in [6, 6.07) is 8.41. The lowest BCUT2D eigenvalue weighted by molar-refractivity contribution is -0.319. The average Bonchev–Trinajstić information content (AvgIpc) is 3.11. The quantitative estimate of drug-likeness (QED) is 0.291. The van der Waals surface area contributed by atoms with Gasteiger partial charge in [0.1, 0.15) is 35.9 Å². The molecule has 1 heterocycles. The largest absolute Gasteiger partial charge is 0.465 e. The van der Waals surface area contributed by atoms with Crippen LogP contribution in [0.3, 0.4) is 0 Å². The van der Waals surface area contributed by atoms with Gasteiger partial charge in [-0.2, -0.15) is 0 Å². The molecule has 0 aromatic heterocycles. The van der Waals surface area contributed by atoms with Gasteiger partial charge in [0, 0.05) is 26.7 Å². The van der Waals surface area contributed by atoms with Gasteiger partial charge in [-0.15, -0.1) is 0 Å². The summed E-state index contributed by atoms with van der Waals surface area (Å²) in [6.45, 7) is 12.5. The lowest BCUT2D eigenvalue weighted by atomic mass is 9.47. The number of hydrogen-bond acceptors (Lipinski definition) is 11. The van der Waals surface area contributed by atoms with Crippen LogP contribution in [-0.2, 0) is 47.6 Å². The van der Waals surface area contributed by atoms with E-state index in [0.717, 1.165) is 0 Å². The molecule has 242 valence electrons. The second-order valence-electron chi connectivity index (χ2n) is 12.9. The van der Waals surface area contributed by atoms with Gasteiger partial charge in [-0.3, -0.25) is 19.2 Å². The van der Waals surface area contributed by atoms with Crippen molar-refractivity contribution in [1.82, 2.24) is 0 Å². The van der Waals surface area contributed by atoms with Crippen LogP contribution in [0, 0.1) is 23.2 Å². The van der Waals surface area contributed by atoms with Gasteiger partial charge in [0.25, 0.3) is 0 Å². The Morgan fingerprint density at radius 3 is 2.09 bits per heavy atom. The monoisotopic (exact) mass is 616 g/mol. The second kappa shape index (κ2) is 12.5. The topological polar surface area (TPSA) is 141 Å². The van der Waals surface area contributed by atoms with E-state index in [0.29, 0.717) is 6.42 Å². The van der Waals surface area contributed by atoms with E-state index in [9.17, 15) is 24.0 Å². The van der Waals surface area contributed by atoms with Gasteiger partial charge in [0.05, 0.1) is 17.1 Å². The summed E-state index contributed by atoms with van der Waals surface area (Å²) in [5, 5.41) is 0. The molecule has 2 bridgehead atoms. The highest BCUT2D eigenvalue weighted by Crippen LogP contribution is 2.68. The number of hydrogen-bond donors (Lipinski definition) is 0. The molecule has 1 spiro atoms. The SMILES string of the molecule is CCC(C)C(=O)OC1C(OC(C)=O)CC(C)C23OC(C)(C)C(CC(OC(=O)c4ccccc4)C12COC(C)=O)C3OC(C)=O. The van der Waals surface area contributed by atoms with E-state index in [4.69, 9.17) is 28.4 Å². The second-order valence-corrected chi connectivity index (χ2v) is 12.9. The molecule has 11 nitrogen and oxygen atoms in total. The fourth-order valence-corrected chi connectivity index (χ4v) is 7.61. The maximum atomic E-state index is 13.7. The van der Waals surface area contributed by atoms with Crippen LogP contribution in [0.4, 0.5) is 0 Å². The van der Waals surface area contributed by atoms with Crippen molar-refractivity contribution in [3.63, 3.8) is 0 Å². The Hall–Kier alpha value is -3.47. The third kappa shape index (κ3) is 5.71. The smallest absolute Gasteiger partial charge is 0.338 e. The van der Waals surface area contributed by atoms with Crippen molar-refractivity contribution in [2.24, 2.45) is 23.2 Å². The van der Waals surface area contributed by atoms with Crippen LogP contribution in [0.2, 0.25) is 0 Å². The van der Waals surface area contributed by atoms with Crippen molar-refractivity contribution < 1.29 is 52.4 Å². The summed E-state index contributed by atoms with van der Waals surface area (Å²) < 4.78 is 37.2. The molecular weight excluding hydrogens is 572 g/mol. The third-order valence-electron chi connectivity index (χ3n) is 9.69. The molecule has 3 aliphatic rings. The Morgan fingerprint density at radius 2 is 1.52 bits per heavy atom. The first-order chi connectivity index (χ1) is 20.6. The zero-order chi connectivity index (χ0) is 32.6. The number of benzene rings is 1. The molecule has 0 amide bonds. The van der Waals surface area contributed by atoms with Gasteiger partial charge in [-0.05, 0) is 51.2 Å². The third-order valence-corrected chi connectivity index (χ3v) is 9.69. The van der Waals surface area contributed by atoms with E-state index in [1.807, 2.05) is 27.7 Å². The Labute approximate surface area is 258 Å². The molecular formula is C33H44O11. The summed E-state index contributed by atoms with van der Waals surface area (Å²) in [4.78, 5) is 64.8. The maximum absolute atomic E-state index is 13.7. The fourth-order valence-electron chi connectivity index (χ4n) is 7.61. The summed E-state index contributed by atoms with van der Waals surface area (Å²) in [5.41, 5.74) is -3.77. The molecule has 44 heavy (non-hydrogen) atoms. The standard InChI is InChI=1S/C33H44O11/c1-9-18(2)29(37)43-28-25(40-21(5)35)15-19(3)33-27(41-22(6)36)24(31(7,8)44-33)16-26(32(28,33)17-39-20(4)34)42-30(38)23-13-11-10-12-14-23/h10-14,18-19,24-28H,9,15-17H2,1-8H3. The maximum Gasteiger partial charge on any atom is 0.338 e. The van der Waals surface area contributed by atoms with E-state index >= 15 is 0 Å². The molecule has 1 aliphatic heterocycles. The van der Waals surface area contributed by atoms with E-state index in [1.54, 1.807) is 37.3 Å². The van der Waals surface area contributed by atoms with Gasteiger partial charge in [-0.25, -0.2) is 4.79 Å². The number of esters is 5. The summed E-state index contributed by atoms with van der Waals surface area (Å²) in [7, 11) is 0. The van der Waals surface area contributed by atoms with E-state index < -0.39 is 95.2 Å². The van der Waals surface area contributed by atoms with Gasteiger partial charge < -0.3 is 28.4 Å². The lowest BCUT2D eigenvalue weighted by Gasteiger charge is -2.63. The van der Waals surface area contributed by atoms with Crippen molar-refractivity contribution in [2.45, 2.75) is 110 Å². The highest BCUT2D eigenvalue weighted by Gasteiger charge is 2.82. The number of carbonyl (C=O) groups excluding carboxylic acids is 5. The molecule has 0 N–H and O–H groups in total. The molecule has 11 heteroatoms. The van der Waals surface area contributed by atoms with Crippen molar-refractivity contribution in [2.75, 3.05) is 6.61 Å². The van der Waals surface area contributed by atoms with Gasteiger partial charge in [0.2, 0.25) is 0 Å². The van der Waals surface area contributed by atoms with Crippen molar-refractivity contribution in [3.05, 3.63) is 35.9 Å². The minimum absolute atomic E-state index is 0.115. The highest BCUT2D eigenvalue weighted by atomic mass is 16.6. The molecule has 1 aromatic carbocycles. The highest BCUT2D eigenvalue weighted by molar-refractivity contribution is 5.89. The normalized spacial score (nSPS) is 34.1. The number of ether oxygens (including phenoxy) is 6. The molecule has 0 radical (unpaired) electrons. The van der Waals surface area contributed by atoms with Crippen LogP contribution in [0.5, 0.6) is 0 Å². The Balaban J connectivity index is 2.03. The van der Waals surface area contributed by atoms with Crippen LogP contribution in [-0.4, -0.2) is 72.1 Å². The van der Waals surface area contributed by atoms with Crippen LogP contribution >= 0.6 is 0 Å². The summed E-state index contributed by atoms with van der Waals surface area (Å²) in [6.07, 6.45) is -3.54. The van der Waals surface area contributed by atoms with E-state index in [-0.39, 0.29) is 18.4 Å². The molecule has 2 saturated carbocycles. The van der Waals surface area contributed by atoms with Gasteiger partial charge >= 0.3 is 29.8 Å². The predicted molar refractivity (Wildman–Crippen MR) is 155 cm³/mol. The zero-order valence-corrected chi connectivity index (χ0v) is 26.7. The minimum Gasteiger partial charge on any atom is -0.465 e. The number of fused-ring (bicyclic) bond motifs is 1. The molecule has 3 fully saturated rings. The first-order valence-electron chi connectivity index (χ1n) is 15.2. The molecule has 9 atom stereocenters. The van der Waals surface area contributed by atoms with Crippen LogP contribution < -0.4 is 0 Å². The van der Waals surface area contributed by atoms with Crippen LogP contribution in [0.15, 0.2) is 30.3 Å². The first-order valence-corrected chi connectivity index (χ1v) is 15.2. The number of rotatable bonds is 9. The van der Waals surface area contributed by atoms with Crippen molar-refractivity contribution >= 4 is 29.8 Å². The van der Waals surface area contributed by atoms with E-state index in [1.165, 1.54) is 20.8 Å². The van der Waals surface area contributed by atoms with Crippen molar-refractivity contribution in [3.8, 4) is 0 Å². The predicted octanol–water partition coefficient (Wildman–Crippen LogP) is 4.19. The van der Waals surface area contributed by atoms with Crippen LogP contribution in [0.25, 0.3) is 0 Å². The minimum atomic E-state index is -1.66. The Morgan fingerprint density at radius 1 is 0.886 bits per heavy atom. The molecule has 2 aliphatic carbocycles.